The van der Waals surface area contributed by atoms with Gasteiger partial charge in [0.15, 0.2) is 0 Å². The average molecular weight is 148 g/mol. The molecule has 0 bridgehead atoms. The first-order valence-electron chi connectivity index (χ1n) is 0. The van der Waals surface area contributed by atoms with Crippen LogP contribution in [0.5, 0.6) is 0 Å². The molecule has 0 amide bonds. The summed E-state index contributed by atoms with van der Waals surface area (Å²) in [6.07, 6.45) is 0. The van der Waals surface area contributed by atoms with Crippen molar-refractivity contribution in [3.63, 3.8) is 0 Å². The van der Waals surface area contributed by atoms with E-state index in [1.807, 2.05) is 0 Å². The summed E-state index contributed by atoms with van der Waals surface area (Å²) in [6, 6.07) is 0. The summed E-state index contributed by atoms with van der Waals surface area (Å²) in [7, 11) is 0. The van der Waals surface area contributed by atoms with E-state index in [4.69, 9.17) is 0 Å². The zero-order valence-corrected chi connectivity index (χ0v) is 6.67. The van der Waals surface area contributed by atoms with Crippen LogP contribution < -0.4 is 0 Å². The van der Waals surface area contributed by atoms with E-state index in [-0.39, 0.29) is 46.9 Å². The molecule has 0 spiro atoms. The van der Waals surface area contributed by atoms with Gasteiger partial charge in [-0.25, -0.2) is 0 Å². The van der Waals surface area contributed by atoms with Gasteiger partial charge in [-0.05, 0) is 0 Å². The van der Waals surface area contributed by atoms with Crippen LogP contribution in [0, 0.1) is 0 Å². The summed E-state index contributed by atoms with van der Waals surface area (Å²) in [5.74, 6) is 0. The summed E-state index contributed by atoms with van der Waals surface area (Å²) in [5, 5.41) is 0. The molecule has 5 heteroatoms. The van der Waals surface area contributed by atoms with Crippen molar-refractivity contribution in [2.45, 2.75) is 0 Å². The standard InChI is InChI=1S/3H2O.Si.Zn/h3*1H2;;. The van der Waals surface area contributed by atoms with Crippen molar-refractivity contribution in [3.8, 4) is 0 Å². The Bertz CT molecular complexity index is 6.85. The minimum absolute atomic E-state index is 0. The third-order valence-electron chi connectivity index (χ3n) is 0. The Morgan fingerprint density at radius 3 is 0.600 bits per heavy atom. The van der Waals surface area contributed by atoms with E-state index < -0.39 is 0 Å². The molecule has 0 aliphatic heterocycles. The fourth-order valence-corrected chi connectivity index (χ4v) is 0. The van der Waals surface area contributed by atoms with Crippen LogP contribution >= 0.6 is 0 Å². The van der Waals surface area contributed by atoms with Crippen molar-refractivity contribution >= 4 is 11.0 Å². The van der Waals surface area contributed by atoms with Gasteiger partial charge in [0.1, 0.15) is 0 Å². The van der Waals surface area contributed by atoms with Gasteiger partial charge in [0, 0.05) is 30.4 Å². The Hall–Kier alpha value is 0.720. The Kier molecular flexibility index (Phi) is 6190. The molecular formula is H6O3SiZn. The molecule has 30 valence electrons. The Labute approximate surface area is 47.5 Å². The van der Waals surface area contributed by atoms with Gasteiger partial charge >= 0.3 is 0 Å². The predicted octanol–water partition coefficient (Wildman–Crippen LogP) is -2.86. The maximum atomic E-state index is 0. The monoisotopic (exact) mass is 146 g/mol. The molecule has 0 saturated heterocycles. The quantitative estimate of drug-likeness (QED) is 0.330. The van der Waals surface area contributed by atoms with Crippen LogP contribution in [0.4, 0.5) is 0 Å². The van der Waals surface area contributed by atoms with Gasteiger partial charge in [-0.15, -0.1) is 0 Å². The molecule has 0 aromatic rings. The van der Waals surface area contributed by atoms with Crippen molar-refractivity contribution < 1.29 is 35.9 Å². The zero-order valence-electron chi connectivity index (χ0n) is 2.71. The zero-order chi connectivity index (χ0) is 0. The number of rotatable bonds is 0. The van der Waals surface area contributed by atoms with Gasteiger partial charge in [0.05, 0.1) is 0 Å². The van der Waals surface area contributed by atoms with Crippen LogP contribution in [0.25, 0.3) is 0 Å². The largest absolute Gasteiger partial charge is 0.412 e. The Morgan fingerprint density at radius 2 is 0.600 bits per heavy atom. The molecule has 0 aromatic carbocycles. The van der Waals surface area contributed by atoms with E-state index in [0.29, 0.717) is 0 Å². The maximum Gasteiger partial charge on any atom is 0 e. The minimum atomic E-state index is 0. The van der Waals surface area contributed by atoms with E-state index in [2.05, 4.69) is 0 Å². The Morgan fingerprint density at radius 1 is 0.600 bits per heavy atom. The third-order valence-corrected chi connectivity index (χ3v) is 0. The van der Waals surface area contributed by atoms with E-state index in [0.717, 1.165) is 0 Å². The van der Waals surface area contributed by atoms with Crippen LogP contribution in [-0.2, 0) is 19.5 Å². The summed E-state index contributed by atoms with van der Waals surface area (Å²) in [6.45, 7) is 0. The molecule has 0 heterocycles. The fourth-order valence-electron chi connectivity index (χ4n) is 0. The fraction of sp³-hybridized carbons (Fsp3) is 0. The van der Waals surface area contributed by atoms with Crippen molar-refractivity contribution in [3.05, 3.63) is 0 Å². The maximum absolute atomic E-state index is 0. The topological polar surface area (TPSA) is 94.5 Å². The van der Waals surface area contributed by atoms with Crippen molar-refractivity contribution in [1.82, 2.24) is 0 Å². The first kappa shape index (κ1) is 246. The van der Waals surface area contributed by atoms with Gasteiger partial charge < -0.3 is 16.4 Å². The molecular weight excluding hydrogens is 141 g/mol. The van der Waals surface area contributed by atoms with Gasteiger partial charge in [0.2, 0.25) is 0 Å². The van der Waals surface area contributed by atoms with E-state index in [1.165, 1.54) is 0 Å². The second-order valence-electron chi connectivity index (χ2n) is 0. The number of hydrogen-bond acceptors (Lipinski definition) is 0. The van der Waals surface area contributed by atoms with E-state index in [1.54, 1.807) is 0 Å². The van der Waals surface area contributed by atoms with Crippen LogP contribution in [0.3, 0.4) is 0 Å². The van der Waals surface area contributed by atoms with Crippen molar-refractivity contribution in [2.75, 3.05) is 0 Å². The molecule has 0 aromatic heterocycles. The van der Waals surface area contributed by atoms with Crippen molar-refractivity contribution in [2.24, 2.45) is 0 Å². The third kappa shape index (κ3) is 67.3. The molecule has 3 nitrogen and oxygen atoms in total. The normalized spacial score (nSPS) is 0. The molecule has 0 saturated carbocycles. The average Bonchev–Trinajstić information content (AvgIpc) is 0. The molecule has 0 fully saturated rings. The molecule has 0 unspecified atom stereocenters. The SMILES string of the molecule is O.O.O.[Si].[Zn]. The predicted molar refractivity (Wildman–Crippen MR) is 16.6 cm³/mol. The molecule has 4 radical (unpaired) electrons. The van der Waals surface area contributed by atoms with Gasteiger partial charge in [-0.2, -0.15) is 0 Å². The summed E-state index contributed by atoms with van der Waals surface area (Å²) in [5.41, 5.74) is 0. The second kappa shape index (κ2) is 126. The Balaban J connectivity index is 0. The van der Waals surface area contributed by atoms with Gasteiger partial charge in [-0.3, -0.25) is 0 Å². The van der Waals surface area contributed by atoms with E-state index in [9.17, 15) is 0 Å². The van der Waals surface area contributed by atoms with Crippen LogP contribution in [0.15, 0.2) is 0 Å². The summed E-state index contributed by atoms with van der Waals surface area (Å²) in [4.78, 5) is 0. The second-order valence-corrected chi connectivity index (χ2v) is 0. The molecule has 0 aliphatic carbocycles. The van der Waals surface area contributed by atoms with E-state index >= 15 is 0 Å². The number of hydrogen-bond donors (Lipinski definition) is 0. The molecule has 0 rings (SSSR count). The van der Waals surface area contributed by atoms with Crippen LogP contribution in [-0.4, -0.2) is 27.4 Å². The minimum Gasteiger partial charge on any atom is -0.412 e. The van der Waals surface area contributed by atoms with Crippen molar-refractivity contribution in [1.29, 1.82) is 0 Å². The van der Waals surface area contributed by atoms with Crippen LogP contribution in [0.1, 0.15) is 0 Å². The van der Waals surface area contributed by atoms with Gasteiger partial charge in [-0.1, -0.05) is 0 Å². The summed E-state index contributed by atoms with van der Waals surface area (Å²) >= 11 is 0. The molecule has 5 heavy (non-hydrogen) atoms. The smallest absolute Gasteiger partial charge is 0 e. The first-order chi connectivity index (χ1) is 0. The van der Waals surface area contributed by atoms with Crippen LogP contribution in [0.2, 0.25) is 0 Å². The summed E-state index contributed by atoms with van der Waals surface area (Å²) < 4.78 is 0. The molecule has 6 N–H and O–H groups in total. The van der Waals surface area contributed by atoms with Gasteiger partial charge in [0.25, 0.3) is 0 Å². The first-order valence-corrected chi connectivity index (χ1v) is 0. The molecule has 0 aliphatic rings. The molecule has 0 atom stereocenters.